The van der Waals surface area contributed by atoms with Gasteiger partial charge in [-0.2, -0.15) is 0 Å². The molecule has 0 saturated carbocycles. The molecule has 56 heavy (non-hydrogen) atoms. The summed E-state index contributed by atoms with van der Waals surface area (Å²) < 4.78 is 17.2. The summed E-state index contributed by atoms with van der Waals surface area (Å²) >= 11 is 0. The zero-order valence-corrected chi connectivity index (χ0v) is 32.8. The molecule has 1 radical (unpaired) electrons. The largest absolute Gasteiger partial charge is 0.488 e. The lowest BCUT2D eigenvalue weighted by molar-refractivity contribution is -0.136. The molecule has 0 spiro atoms. The van der Waals surface area contributed by atoms with Gasteiger partial charge in [-0.25, -0.2) is 14.8 Å². The van der Waals surface area contributed by atoms with Crippen LogP contribution >= 0.6 is 0 Å². The number of methoxy groups -OCH3 is 1. The fourth-order valence-electron chi connectivity index (χ4n) is 8.52. The van der Waals surface area contributed by atoms with Crippen molar-refractivity contribution in [3.8, 4) is 28.1 Å². The Balaban J connectivity index is 1.07. The number of imidazole rings is 2. The number of hydrogen-bond acceptors (Lipinski definition) is 8. The highest BCUT2D eigenvalue weighted by molar-refractivity contribution is 6.07. The zero-order valence-electron chi connectivity index (χ0n) is 32.8. The molecular weight excluding hydrogens is 711 g/mol. The van der Waals surface area contributed by atoms with Crippen molar-refractivity contribution in [1.82, 2.24) is 35.1 Å². The van der Waals surface area contributed by atoms with E-state index in [0.29, 0.717) is 32.0 Å². The van der Waals surface area contributed by atoms with Gasteiger partial charge in [-0.05, 0) is 77.9 Å². The minimum atomic E-state index is -0.761. The van der Waals surface area contributed by atoms with Gasteiger partial charge in [0.1, 0.15) is 30.0 Å². The fourth-order valence-corrected chi connectivity index (χ4v) is 8.52. The lowest BCUT2D eigenvalue weighted by atomic mass is 9.92. The number of H-pyrrole nitrogens is 2. The number of aromatic amines is 2. The van der Waals surface area contributed by atoms with Crippen LogP contribution < -0.4 is 10.1 Å². The van der Waals surface area contributed by atoms with Crippen molar-refractivity contribution in [1.29, 1.82) is 0 Å². The Morgan fingerprint density at radius 3 is 2.62 bits per heavy atom. The van der Waals surface area contributed by atoms with Gasteiger partial charge in [-0.15, -0.1) is 0 Å². The van der Waals surface area contributed by atoms with Gasteiger partial charge in [0.2, 0.25) is 11.8 Å². The summed E-state index contributed by atoms with van der Waals surface area (Å²) in [4.78, 5) is 59.6. The van der Waals surface area contributed by atoms with Crippen LogP contribution in [0.15, 0.2) is 48.7 Å². The van der Waals surface area contributed by atoms with Crippen LogP contribution in [-0.4, -0.2) is 86.6 Å². The van der Waals surface area contributed by atoms with Crippen molar-refractivity contribution in [3.05, 3.63) is 72.3 Å². The third-order valence-electron chi connectivity index (χ3n) is 11.3. The van der Waals surface area contributed by atoms with Crippen molar-refractivity contribution < 1.29 is 28.6 Å². The molecule has 3 aromatic carbocycles. The summed E-state index contributed by atoms with van der Waals surface area (Å²) in [7, 11) is 1.29. The van der Waals surface area contributed by atoms with Crippen LogP contribution in [0.1, 0.15) is 83.2 Å². The first kappa shape index (κ1) is 37.5. The van der Waals surface area contributed by atoms with Crippen LogP contribution in [0, 0.1) is 18.3 Å². The summed E-state index contributed by atoms with van der Waals surface area (Å²) in [6.07, 6.45) is 5.26. The molecule has 293 valence electrons. The van der Waals surface area contributed by atoms with E-state index in [4.69, 9.17) is 24.2 Å². The van der Waals surface area contributed by atoms with Gasteiger partial charge in [0, 0.05) is 37.1 Å². The predicted octanol–water partition coefficient (Wildman–Crippen LogP) is 7.25. The molecule has 5 aromatic rings. The number of carbonyl (C=O) groups excluding carboxylic acids is 3. The lowest BCUT2D eigenvalue weighted by Gasteiger charge is -2.29. The molecule has 0 bridgehead atoms. The van der Waals surface area contributed by atoms with Crippen LogP contribution in [-0.2, 0) is 25.7 Å². The molecule has 4 atom stereocenters. The van der Waals surface area contributed by atoms with Gasteiger partial charge in [0.05, 0.1) is 54.6 Å². The molecule has 3 N–H and O–H groups in total. The molecule has 5 heterocycles. The molecule has 8 rings (SSSR count). The lowest BCUT2D eigenvalue weighted by Crippen LogP contribution is -2.51. The summed E-state index contributed by atoms with van der Waals surface area (Å²) in [5.41, 5.74) is 6.78. The topological polar surface area (TPSA) is 155 Å². The minimum Gasteiger partial charge on any atom is -0.488 e. The normalized spacial score (nSPS) is 19.8. The van der Waals surface area contributed by atoms with Gasteiger partial charge in [0.15, 0.2) is 0 Å². The molecule has 3 aliphatic rings. The first-order valence-corrected chi connectivity index (χ1v) is 19.7. The third-order valence-corrected chi connectivity index (χ3v) is 11.3. The number of hydrogen-bond donors (Lipinski definition) is 3. The number of rotatable bonds is 10. The Labute approximate surface area is 326 Å². The van der Waals surface area contributed by atoms with Crippen LogP contribution in [0.5, 0.6) is 5.75 Å². The van der Waals surface area contributed by atoms with E-state index in [9.17, 15) is 14.4 Å². The first-order chi connectivity index (χ1) is 27.0. The molecule has 2 aromatic heterocycles. The van der Waals surface area contributed by atoms with Gasteiger partial charge in [-0.3, -0.25) is 9.59 Å². The minimum absolute atomic E-state index is 0.0519. The highest BCUT2D eigenvalue weighted by Crippen LogP contribution is 2.43. The summed E-state index contributed by atoms with van der Waals surface area (Å²) in [5.74, 6) is 2.18. The smallest absolute Gasteiger partial charge is 0.407 e. The van der Waals surface area contributed by atoms with Gasteiger partial charge in [0.25, 0.3) is 0 Å². The molecule has 3 amide bonds. The Hall–Kier alpha value is -5.43. The second kappa shape index (κ2) is 15.2. The van der Waals surface area contributed by atoms with Gasteiger partial charge < -0.3 is 39.3 Å². The van der Waals surface area contributed by atoms with E-state index in [2.05, 4.69) is 51.7 Å². The monoisotopic (exact) mass is 760 g/mol. The number of carbonyl (C=O) groups is 3. The number of aromatic nitrogens is 4. The standard InChI is InChI=1S/C43H50N7O6/c1-7-55-28-18-35(50(21-28)42(52)38(24(4)5)48-43(53)54-6)41-45-32-13-11-25-17-31-29-12-10-26(16-27(29)22-56-36(31)19-30(25)39(32)47-41)33-20-44-40(46-33)34-9-8-14-49(34)37(51)15-23(2)3/h10-13,15-17,19-20,23-24,28,34-35,38H,7-9,14,18,21-22H2,1-6H3,(H,44,46)(H,45,47)(H,48,53)/t28-,34-,35-,38-/m0/s1. The molecule has 0 unspecified atom stereocenters. The second-order valence-corrected chi connectivity index (χ2v) is 15.8. The van der Waals surface area contributed by atoms with Gasteiger partial charge in [-0.1, -0.05) is 45.9 Å². The molecular formula is C43H50N7O6. The first-order valence-electron chi connectivity index (χ1n) is 19.7. The molecule has 0 aliphatic carbocycles. The molecule has 2 fully saturated rings. The number of benzene rings is 3. The van der Waals surface area contributed by atoms with Crippen molar-refractivity contribution in [2.45, 2.75) is 84.7 Å². The Bertz CT molecular complexity index is 2290. The predicted molar refractivity (Wildman–Crippen MR) is 212 cm³/mol. The number of likely N-dealkylation sites (tertiary alicyclic amines) is 2. The van der Waals surface area contributed by atoms with Crippen molar-refractivity contribution in [3.63, 3.8) is 0 Å². The van der Waals surface area contributed by atoms with Crippen LogP contribution in [0.3, 0.4) is 0 Å². The summed E-state index contributed by atoms with van der Waals surface area (Å²) in [6.45, 7) is 11.9. The zero-order chi connectivity index (χ0) is 39.2. The molecule has 2 saturated heterocycles. The van der Waals surface area contributed by atoms with E-state index in [1.54, 1.807) is 11.3 Å². The Morgan fingerprint density at radius 2 is 1.86 bits per heavy atom. The number of ether oxygens (including phenoxy) is 3. The summed E-state index contributed by atoms with van der Waals surface area (Å²) in [6, 6.07) is 13.5. The highest BCUT2D eigenvalue weighted by Gasteiger charge is 2.42. The van der Waals surface area contributed by atoms with Crippen molar-refractivity contribution in [2.24, 2.45) is 11.8 Å². The number of nitrogens with zero attached hydrogens (tertiary/aromatic N) is 4. The van der Waals surface area contributed by atoms with E-state index in [1.807, 2.05) is 51.8 Å². The van der Waals surface area contributed by atoms with Gasteiger partial charge >= 0.3 is 6.09 Å². The van der Waals surface area contributed by atoms with E-state index in [0.717, 1.165) is 80.7 Å². The Kier molecular flexibility index (Phi) is 10.2. The van der Waals surface area contributed by atoms with Crippen LogP contribution in [0.4, 0.5) is 4.79 Å². The average Bonchev–Trinajstić information content (AvgIpc) is 4.01. The van der Waals surface area contributed by atoms with E-state index >= 15 is 0 Å². The number of alkyl carbamates (subject to hydrolysis) is 1. The number of fused-ring (bicyclic) bond motifs is 6. The highest BCUT2D eigenvalue weighted by atomic mass is 16.5. The van der Waals surface area contributed by atoms with E-state index < -0.39 is 12.1 Å². The molecule has 13 heteroatoms. The average molecular weight is 761 g/mol. The quantitative estimate of drug-likeness (QED) is 0.135. The Morgan fingerprint density at radius 1 is 1.02 bits per heavy atom. The third kappa shape index (κ3) is 6.97. The van der Waals surface area contributed by atoms with Crippen LogP contribution in [0.25, 0.3) is 44.2 Å². The number of nitrogens with one attached hydrogen (secondary N) is 3. The SMILES string of the molecule is CCO[C@H]1C[C@@H](c2nc3ccc4cc5c(cc4c3[nH]2)OCc2cc(-c3cnc([C@@H]4CCCN4C(=O)[CH]C(C)C)[nH]3)ccc2-5)N(C(=O)[C@@H](NC(=O)OC)C(C)C)C1. The van der Waals surface area contributed by atoms with E-state index in [-0.39, 0.29) is 41.8 Å². The second-order valence-electron chi connectivity index (χ2n) is 15.8. The van der Waals surface area contributed by atoms with Crippen molar-refractivity contribution in [2.75, 3.05) is 26.8 Å². The summed E-state index contributed by atoms with van der Waals surface area (Å²) in [5, 5.41) is 4.73. The van der Waals surface area contributed by atoms with Crippen LogP contribution in [0.2, 0.25) is 0 Å². The van der Waals surface area contributed by atoms with E-state index in [1.165, 1.54) is 7.11 Å². The van der Waals surface area contributed by atoms with Crippen molar-refractivity contribution >= 4 is 39.7 Å². The fraction of sp³-hybridized carbons (Fsp3) is 0.442. The molecule has 13 nitrogen and oxygen atoms in total. The maximum Gasteiger partial charge on any atom is 0.407 e. The molecule has 3 aliphatic heterocycles. The number of amides is 3. The maximum atomic E-state index is 14.0. The maximum absolute atomic E-state index is 14.0.